The molecule has 0 spiro atoms. The number of anilines is 1. The molecule has 9 heteroatoms. The third-order valence-electron chi connectivity index (χ3n) is 3.76. The predicted molar refractivity (Wildman–Crippen MR) is 90.5 cm³/mol. The first-order chi connectivity index (χ1) is 11.2. The molecule has 0 unspecified atom stereocenters. The Morgan fingerprint density at radius 3 is 2.17 bits per heavy atom. The standard InChI is InChI=1S/C15H17N5O3S/c1-9-7-10(2)17-14(16-9)18-24(22,23)11-5-6-12-13(8-11)20(4)15(21)19(12)3/h5-8H,1-4H3,(H,16,17,18). The molecule has 3 rings (SSSR count). The molecule has 0 aliphatic heterocycles. The van der Waals surface area contributed by atoms with Gasteiger partial charge in [-0.3, -0.25) is 9.13 Å². The summed E-state index contributed by atoms with van der Waals surface area (Å²) in [5.41, 5.74) is 2.31. The van der Waals surface area contributed by atoms with Gasteiger partial charge in [0.1, 0.15) is 0 Å². The highest BCUT2D eigenvalue weighted by molar-refractivity contribution is 7.92. The Bertz CT molecular complexity index is 1090. The molecular formula is C15H17N5O3S. The number of aryl methyl sites for hydroxylation is 4. The molecule has 0 radical (unpaired) electrons. The van der Waals surface area contributed by atoms with Crippen LogP contribution < -0.4 is 10.4 Å². The van der Waals surface area contributed by atoms with Crippen molar-refractivity contribution in [1.82, 2.24) is 19.1 Å². The third kappa shape index (κ3) is 2.67. The normalized spacial score (nSPS) is 11.8. The van der Waals surface area contributed by atoms with Gasteiger partial charge < -0.3 is 0 Å². The Balaban J connectivity index is 2.08. The van der Waals surface area contributed by atoms with Crippen molar-refractivity contribution in [3.05, 3.63) is 46.1 Å². The van der Waals surface area contributed by atoms with Crippen LogP contribution in [0.1, 0.15) is 11.4 Å². The number of nitrogens with one attached hydrogen (secondary N) is 1. The molecule has 2 heterocycles. The summed E-state index contributed by atoms with van der Waals surface area (Å²) in [5, 5.41) is 0. The first-order valence-electron chi connectivity index (χ1n) is 7.19. The lowest BCUT2D eigenvalue weighted by Gasteiger charge is -2.08. The number of hydrogen-bond donors (Lipinski definition) is 1. The summed E-state index contributed by atoms with van der Waals surface area (Å²) in [6.45, 7) is 3.52. The minimum absolute atomic E-state index is 0.0227. The fourth-order valence-electron chi connectivity index (χ4n) is 2.60. The van der Waals surface area contributed by atoms with Gasteiger partial charge in [0.15, 0.2) is 0 Å². The summed E-state index contributed by atoms with van der Waals surface area (Å²) in [7, 11) is -0.620. The summed E-state index contributed by atoms with van der Waals surface area (Å²) in [4.78, 5) is 20.2. The van der Waals surface area contributed by atoms with E-state index in [2.05, 4.69) is 14.7 Å². The average Bonchev–Trinajstić information content (AvgIpc) is 2.70. The molecular weight excluding hydrogens is 330 g/mol. The number of nitrogens with zero attached hydrogens (tertiary/aromatic N) is 4. The lowest BCUT2D eigenvalue weighted by Crippen LogP contribution is -2.19. The van der Waals surface area contributed by atoms with Crippen molar-refractivity contribution in [3.8, 4) is 0 Å². The number of aromatic nitrogens is 4. The Morgan fingerprint density at radius 1 is 0.958 bits per heavy atom. The SMILES string of the molecule is Cc1cc(C)nc(NS(=O)(=O)c2ccc3c(c2)n(C)c(=O)n3C)n1. The molecule has 0 fully saturated rings. The minimum Gasteiger partial charge on any atom is -0.295 e. The Kier molecular flexibility index (Phi) is 3.67. The second-order valence-electron chi connectivity index (χ2n) is 5.63. The Labute approximate surface area is 138 Å². The molecule has 3 aromatic rings. The van der Waals surface area contributed by atoms with Crippen LogP contribution in [-0.2, 0) is 24.1 Å². The summed E-state index contributed by atoms with van der Waals surface area (Å²) in [6, 6.07) is 6.27. The number of sulfonamides is 1. The monoisotopic (exact) mass is 347 g/mol. The first-order valence-corrected chi connectivity index (χ1v) is 8.68. The van der Waals surface area contributed by atoms with Crippen LogP contribution in [0.25, 0.3) is 11.0 Å². The van der Waals surface area contributed by atoms with E-state index >= 15 is 0 Å². The van der Waals surface area contributed by atoms with Crippen LogP contribution in [0.4, 0.5) is 5.95 Å². The van der Waals surface area contributed by atoms with Crippen LogP contribution in [0.5, 0.6) is 0 Å². The molecule has 0 saturated carbocycles. The molecule has 1 aromatic carbocycles. The number of hydrogen-bond acceptors (Lipinski definition) is 5. The van der Waals surface area contributed by atoms with Crippen molar-refractivity contribution in [1.29, 1.82) is 0 Å². The van der Waals surface area contributed by atoms with Crippen molar-refractivity contribution in [3.63, 3.8) is 0 Å². The Morgan fingerprint density at radius 2 is 1.54 bits per heavy atom. The molecule has 0 amide bonds. The van der Waals surface area contributed by atoms with E-state index < -0.39 is 10.0 Å². The fraction of sp³-hybridized carbons (Fsp3) is 0.267. The fourth-order valence-corrected chi connectivity index (χ4v) is 3.57. The Hall–Kier alpha value is -2.68. The molecule has 24 heavy (non-hydrogen) atoms. The number of imidazole rings is 1. The van der Waals surface area contributed by atoms with Crippen molar-refractivity contribution in [2.75, 3.05) is 4.72 Å². The first kappa shape index (κ1) is 16.2. The van der Waals surface area contributed by atoms with E-state index in [1.54, 1.807) is 40.1 Å². The molecule has 0 bridgehead atoms. The summed E-state index contributed by atoms with van der Waals surface area (Å²) < 4.78 is 30.4. The number of fused-ring (bicyclic) bond motifs is 1. The maximum absolute atomic E-state index is 12.6. The van der Waals surface area contributed by atoms with Crippen LogP contribution >= 0.6 is 0 Å². The van der Waals surface area contributed by atoms with Gasteiger partial charge in [-0.05, 0) is 38.1 Å². The van der Waals surface area contributed by atoms with E-state index in [4.69, 9.17) is 0 Å². The highest BCUT2D eigenvalue weighted by Gasteiger charge is 2.18. The second-order valence-corrected chi connectivity index (χ2v) is 7.31. The van der Waals surface area contributed by atoms with Gasteiger partial charge >= 0.3 is 5.69 Å². The van der Waals surface area contributed by atoms with Crippen molar-refractivity contribution >= 4 is 27.0 Å². The maximum Gasteiger partial charge on any atom is 0.328 e. The van der Waals surface area contributed by atoms with Gasteiger partial charge in [0.25, 0.3) is 10.0 Å². The molecule has 0 aliphatic carbocycles. The summed E-state index contributed by atoms with van der Waals surface area (Å²) >= 11 is 0. The lowest BCUT2D eigenvalue weighted by molar-refractivity contribution is 0.601. The van der Waals surface area contributed by atoms with E-state index in [9.17, 15) is 13.2 Å². The molecule has 0 aliphatic rings. The zero-order valence-corrected chi connectivity index (χ0v) is 14.5. The van der Waals surface area contributed by atoms with E-state index in [0.29, 0.717) is 22.4 Å². The predicted octanol–water partition coefficient (Wildman–Crippen LogP) is 1.08. The molecule has 126 valence electrons. The van der Waals surface area contributed by atoms with Gasteiger partial charge in [0.05, 0.1) is 15.9 Å². The number of benzene rings is 1. The summed E-state index contributed by atoms with van der Waals surface area (Å²) in [6.07, 6.45) is 0. The second kappa shape index (κ2) is 5.45. The van der Waals surface area contributed by atoms with Crippen LogP contribution in [-0.4, -0.2) is 27.5 Å². The maximum atomic E-state index is 12.6. The van der Waals surface area contributed by atoms with Gasteiger partial charge in [0.2, 0.25) is 5.95 Å². The van der Waals surface area contributed by atoms with Crippen LogP contribution in [0, 0.1) is 13.8 Å². The zero-order valence-electron chi connectivity index (χ0n) is 13.7. The topological polar surface area (TPSA) is 98.9 Å². The van der Waals surface area contributed by atoms with Crippen LogP contribution in [0.15, 0.2) is 34.0 Å². The van der Waals surface area contributed by atoms with E-state index in [1.165, 1.54) is 21.3 Å². The highest BCUT2D eigenvalue weighted by atomic mass is 32.2. The van der Waals surface area contributed by atoms with E-state index in [1.807, 2.05) is 0 Å². The summed E-state index contributed by atoms with van der Waals surface area (Å²) in [5.74, 6) is 0.0227. The quantitative estimate of drug-likeness (QED) is 0.764. The van der Waals surface area contributed by atoms with Crippen LogP contribution in [0.2, 0.25) is 0 Å². The lowest BCUT2D eigenvalue weighted by atomic mass is 10.3. The zero-order chi connectivity index (χ0) is 17.6. The molecule has 0 atom stereocenters. The van der Waals surface area contributed by atoms with Gasteiger partial charge in [-0.25, -0.2) is 27.9 Å². The van der Waals surface area contributed by atoms with E-state index in [0.717, 1.165) is 0 Å². The average molecular weight is 347 g/mol. The van der Waals surface area contributed by atoms with Gasteiger partial charge in [-0.2, -0.15) is 0 Å². The van der Waals surface area contributed by atoms with Crippen molar-refractivity contribution in [2.24, 2.45) is 14.1 Å². The minimum atomic E-state index is -3.86. The molecule has 2 aromatic heterocycles. The van der Waals surface area contributed by atoms with E-state index in [-0.39, 0.29) is 16.5 Å². The smallest absolute Gasteiger partial charge is 0.295 e. The third-order valence-corrected chi connectivity index (χ3v) is 5.09. The molecule has 0 saturated heterocycles. The van der Waals surface area contributed by atoms with Crippen LogP contribution in [0.3, 0.4) is 0 Å². The highest BCUT2D eigenvalue weighted by Crippen LogP contribution is 2.19. The largest absolute Gasteiger partial charge is 0.328 e. The van der Waals surface area contributed by atoms with Gasteiger partial charge in [-0.15, -0.1) is 0 Å². The van der Waals surface area contributed by atoms with Crippen molar-refractivity contribution in [2.45, 2.75) is 18.7 Å². The van der Waals surface area contributed by atoms with Gasteiger partial charge in [-0.1, -0.05) is 0 Å². The number of rotatable bonds is 3. The van der Waals surface area contributed by atoms with Crippen molar-refractivity contribution < 1.29 is 8.42 Å². The van der Waals surface area contributed by atoms with Gasteiger partial charge in [0, 0.05) is 25.5 Å². The molecule has 1 N–H and O–H groups in total. The molecule has 8 nitrogen and oxygen atoms in total.